The van der Waals surface area contributed by atoms with Gasteiger partial charge in [0, 0.05) is 13.0 Å². The smallest absolute Gasteiger partial charge is 0.410 e. The first-order valence-electron chi connectivity index (χ1n) is 6.68. The van der Waals surface area contributed by atoms with E-state index in [0.717, 1.165) is 0 Å². The predicted molar refractivity (Wildman–Crippen MR) is 67.9 cm³/mol. The number of nitrogens with zero attached hydrogens (tertiary/aromatic N) is 1. The zero-order valence-corrected chi connectivity index (χ0v) is 11.8. The first kappa shape index (κ1) is 14.6. The van der Waals surface area contributed by atoms with Crippen LogP contribution in [0.5, 0.6) is 0 Å². The second-order valence-electron chi connectivity index (χ2n) is 6.25. The number of amides is 1. The Morgan fingerprint density at radius 1 is 1.53 bits per heavy atom. The van der Waals surface area contributed by atoms with Gasteiger partial charge in [0.05, 0.1) is 32.5 Å². The standard InChI is InChI=1S/C13H23NO5/c1-12(2,3)19-11(16)14-4-5-18-13(8-14)6-10(7-15)17-9-13/h10,15H,4-9H2,1-3H3/t10-,13-/m0/s1. The largest absolute Gasteiger partial charge is 0.444 e. The monoisotopic (exact) mass is 273 g/mol. The van der Waals surface area contributed by atoms with Crippen molar-refractivity contribution < 1.29 is 24.1 Å². The van der Waals surface area contributed by atoms with Gasteiger partial charge >= 0.3 is 6.09 Å². The summed E-state index contributed by atoms with van der Waals surface area (Å²) in [5.41, 5.74) is -0.981. The van der Waals surface area contributed by atoms with E-state index in [0.29, 0.717) is 32.7 Å². The molecular formula is C13H23NO5. The summed E-state index contributed by atoms with van der Waals surface area (Å²) in [5.74, 6) is 0. The molecule has 2 heterocycles. The number of aliphatic hydroxyl groups excluding tert-OH is 1. The summed E-state index contributed by atoms with van der Waals surface area (Å²) < 4.78 is 16.6. The molecule has 0 aliphatic carbocycles. The van der Waals surface area contributed by atoms with Crippen LogP contribution in [0, 0.1) is 0 Å². The molecule has 1 amide bonds. The van der Waals surface area contributed by atoms with Crippen LogP contribution in [0.4, 0.5) is 4.79 Å². The Morgan fingerprint density at radius 2 is 2.26 bits per heavy atom. The molecule has 0 aromatic carbocycles. The molecule has 0 bridgehead atoms. The third kappa shape index (κ3) is 3.58. The number of carbonyl (C=O) groups is 1. The van der Waals surface area contributed by atoms with Crippen molar-refractivity contribution in [1.82, 2.24) is 4.90 Å². The Hall–Kier alpha value is -0.850. The molecule has 2 saturated heterocycles. The molecule has 2 aliphatic heterocycles. The summed E-state index contributed by atoms with van der Waals surface area (Å²) in [5, 5.41) is 9.12. The van der Waals surface area contributed by atoms with Crippen LogP contribution in [0.2, 0.25) is 0 Å². The molecule has 2 aliphatic rings. The summed E-state index contributed by atoms with van der Waals surface area (Å²) in [6, 6.07) is 0. The minimum absolute atomic E-state index is 0.0163. The summed E-state index contributed by atoms with van der Waals surface area (Å²) in [7, 11) is 0. The quantitative estimate of drug-likeness (QED) is 0.764. The Kier molecular flexibility index (Phi) is 4.03. The highest BCUT2D eigenvalue weighted by atomic mass is 16.6. The Bertz CT molecular complexity index is 340. The summed E-state index contributed by atoms with van der Waals surface area (Å²) in [4.78, 5) is 13.7. The molecule has 110 valence electrons. The second-order valence-corrected chi connectivity index (χ2v) is 6.25. The third-order valence-electron chi connectivity index (χ3n) is 3.29. The van der Waals surface area contributed by atoms with Crippen molar-refractivity contribution in [3.8, 4) is 0 Å². The molecule has 19 heavy (non-hydrogen) atoms. The highest BCUT2D eigenvalue weighted by Crippen LogP contribution is 2.31. The van der Waals surface area contributed by atoms with Crippen LogP contribution < -0.4 is 0 Å². The van der Waals surface area contributed by atoms with Gasteiger partial charge in [-0.3, -0.25) is 0 Å². The van der Waals surface area contributed by atoms with Gasteiger partial charge in [-0.15, -0.1) is 0 Å². The maximum atomic E-state index is 12.1. The summed E-state index contributed by atoms with van der Waals surface area (Å²) in [6.45, 7) is 7.40. The molecule has 2 atom stereocenters. The van der Waals surface area contributed by atoms with Crippen LogP contribution >= 0.6 is 0 Å². The van der Waals surface area contributed by atoms with Crippen molar-refractivity contribution >= 4 is 6.09 Å². The lowest BCUT2D eigenvalue weighted by atomic mass is 9.98. The molecule has 0 saturated carbocycles. The number of morpholine rings is 1. The molecule has 2 rings (SSSR count). The normalized spacial score (nSPS) is 31.8. The molecule has 0 radical (unpaired) electrons. The van der Waals surface area contributed by atoms with Crippen LogP contribution in [0.25, 0.3) is 0 Å². The van der Waals surface area contributed by atoms with E-state index in [1.807, 2.05) is 20.8 Å². The number of aliphatic hydroxyl groups is 1. The number of carbonyl (C=O) groups excluding carboxylic acids is 1. The van der Waals surface area contributed by atoms with E-state index >= 15 is 0 Å². The topological polar surface area (TPSA) is 68.2 Å². The van der Waals surface area contributed by atoms with Gasteiger partial charge in [0.1, 0.15) is 11.2 Å². The minimum Gasteiger partial charge on any atom is -0.444 e. The van der Waals surface area contributed by atoms with E-state index in [-0.39, 0.29) is 18.8 Å². The van der Waals surface area contributed by atoms with Crippen LogP contribution in [0.15, 0.2) is 0 Å². The molecule has 1 N–H and O–H groups in total. The predicted octanol–water partition coefficient (Wildman–Crippen LogP) is 0.774. The SMILES string of the molecule is CC(C)(C)OC(=O)N1CCO[C@]2(CO[C@H](CO)C2)C1. The average Bonchev–Trinajstić information content (AvgIpc) is 2.70. The number of hydrogen-bond acceptors (Lipinski definition) is 5. The Labute approximate surface area is 113 Å². The van der Waals surface area contributed by atoms with Crippen LogP contribution in [-0.4, -0.2) is 66.3 Å². The maximum absolute atomic E-state index is 12.1. The van der Waals surface area contributed by atoms with Gasteiger partial charge in [0.15, 0.2) is 0 Å². The molecule has 0 aromatic heterocycles. The first-order chi connectivity index (χ1) is 8.84. The molecule has 0 unspecified atom stereocenters. The lowest BCUT2D eigenvalue weighted by Crippen LogP contribution is -2.55. The minimum atomic E-state index is -0.498. The van der Waals surface area contributed by atoms with Gasteiger partial charge < -0.3 is 24.2 Å². The zero-order chi connectivity index (χ0) is 14.1. The third-order valence-corrected chi connectivity index (χ3v) is 3.29. The van der Waals surface area contributed by atoms with Gasteiger partial charge in [0.25, 0.3) is 0 Å². The van der Waals surface area contributed by atoms with E-state index in [4.69, 9.17) is 19.3 Å². The number of ether oxygens (including phenoxy) is 3. The second kappa shape index (κ2) is 5.26. The van der Waals surface area contributed by atoms with Crippen molar-refractivity contribution in [3.63, 3.8) is 0 Å². The van der Waals surface area contributed by atoms with Crippen molar-refractivity contribution in [2.24, 2.45) is 0 Å². The molecule has 1 spiro atoms. The Morgan fingerprint density at radius 3 is 2.84 bits per heavy atom. The molecule has 6 heteroatoms. The highest BCUT2D eigenvalue weighted by molar-refractivity contribution is 5.68. The zero-order valence-electron chi connectivity index (χ0n) is 11.8. The van der Waals surface area contributed by atoms with Crippen molar-refractivity contribution in [3.05, 3.63) is 0 Å². The van der Waals surface area contributed by atoms with Crippen LogP contribution in [0.3, 0.4) is 0 Å². The summed E-state index contributed by atoms with van der Waals surface area (Å²) >= 11 is 0. The van der Waals surface area contributed by atoms with E-state index in [2.05, 4.69) is 0 Å². The van der Waals surface area contributed by atoms with E-state index in [1.54, 1.807) is 4.90 Å². The molecule has 0 aromatic rings. The van der Waals surface area contributed by atoms with Gasteiger partial charge in [-0.05, 0) is 20.8 Å². The Balaban J connectivity index is 1.96. The molecular weight excluding hydrogens is 250 g/mol. The van der Waals surface area contributed by atoms with Gasteiger partial charge in [-0.25, -0.2) is 4.79 Å². The average molecular weight is 273 g/mol. The number of hydrogen-bond donors (Lipinski definition) is 1. The van der Waals surface area contributed by atoms with Crippen molar-refractivity contribution in [2.45, 2.75) is 44.5 Å². The fourth-order valence-electron chi connectivity index (χ4n) is 2.46. The maximum Gasteiger partial charge on any atom is 0.410 e. The van der Waals surface area contributed by atoms with Gasteiger partial charge in [-0.1, -0.05) is 0 Å². The lowest BCUT2D eigenvalue weighted by Gasteiger charge is -2.39. The summed E-state index contributed by atoms with van der Waals surface area (Å²) in [6.07, 6.45) is 0.101. The van der Waals surface area contributed by atoms with Crippen LogP contribution in [0.1, 0.15) is 27.2 Å². The number of rotatable bonds is 1. The van der Waals surface area contributed by atoms with Gasteiger partial charge in [-0.2, -0.15) is 0 Å². The van der Waals surface area contributed by atoms with Crippen molar-refractivity contribution in [2.75, 3.05) is 32.9 Å². The van der Waals surface area contributed by atoms with Gasteiger partial charge in [0.2, 0.25) is 0 Å². The molecule has 6 nitrogen and oxygen atoms in total. The lowest BCUT2D eigenvalue weighted by molar-refractivity contribution is -0.108. The van der Waals surface area contributed by atoms with Crippen molar-refractivity contribution in [1.29, 1.82) is 0 Å². The fraction of sp³-hybridized carbons (Fsp3) is 0.923. The highest BCUT2D eigenvalue weighted by Gasteiger charge is 2.46. The fourth-order valence-corrected chi connectivity index (χ4v) is 2.46. The van der Waals surface area contributed by atoms with E-state index in [9.17, 15) is 4.79 Å². The van der Waals surface area contributed by atoms with E-state index in [1.165, 1.54) is 0 Å². The van der Waals surface area contributed by atoms with E-state index < -0.39 is 11.2 Å². The molecule has 2 fully saturated rings. The van der Waals surface area contributed by atoms with Crippen LogP contribution in [-0.2, 0) is 14.2 Å². The first-order valence-corrected chi connectivity index (χ1v) is 6.68.